The number of benzene rings is 1. The van der Waals surface area contributed by atoms with E-state index in [9.17, 15) is 0 Å². The molecule has 1 aliphatic heterocycles. The summed E-state index contributed by atoms with van der Waals surface area (Å²) in [5, 5.41) is 0. The van der Waals surface area contributed by atoms with Crippen LogP contribution in [0.1, 0.15) is 17.5 Å². The van der Waals surface area contributed by atoms with Gasteiger partial charge in [0.15, 0.2) is 0 Å². The van der Waals surface area contributed by atoms with Crippen LogP contribution in [0.3, 0.4) is 0 Å². The first kappa shape index (κ1) is 8.57. The largest absolute Gasteiger partial charge is 0.490 e. The highest BCUT2D eigenvalue weighted by molar-refractivity contribution is 5.40. The van der Waals surface area contributed by atoms with Crippen molar-refractivity contribution in [3.8, 4) is 5.75 Å². The summed E-state index contributed by atoms with van der Waals surface area (Å²) in [6.45, 7) is 2.81. The van der Waals surface area contributed by atoms with Crippen LogP contribution in [0, 0.1) is 6.92 Å². The van der Waals surface area contributed by atoms with Crippen molar-refractivity contribution in [2.45, 2.75) is 25.9 Å². The standard InChI is InChI=1S/C11H15NO/c1-8-2-3-11-9(6-8)7-10(13-11)4-5-12/h2-3,6,10H,4-5,7,12H2,1H3. The Morgan fingerprint density at radius 1 is 1.54 bits per heavy atom. The molecule has 1 heterocycles. The second-order valence-electron chi connectivity index (χ2n) is 3.63. The van der Waals surface area contributed by atoms with Crippen molar-refractivity contribution in [1.29, 1.82) is 0 Å². The molecule has 1 aromatic carbocycles. The molecule has 0 spiro atoms. The van der Waals surface area contributed by atoms with Gasteiger partial charge in [0.2, 0.25) is 0 Å². The Balaban J connectivity index is 2.16. The van der Waals surface area contributed by atoms with E-state index >= 15 is 0 Å². The third kappa shape index (κ3) is 1.68. The molecule has 1 aliphatic rings. The van der Waals surface area contributed by atoms with Gasteiger partial charge in [0.05, 0.1) is 0 Å². The maximum absolute atomic E-state index is 5.72. The van der Waals surface area contributed by atoms with Crippen molar-refractivity contribution in [3.63, 3.8) is 0 Å². The number of nitrogens with two attached hydrogens (primary N) is 1. The van der Waals surface area contributed by atoms with Crippen LogP contribution in [0.4, 0.5) is 0 Å². The first-order valence-corrected chi connectivity index (χ1v) is 4.76. The van der Waals surface area contributed by atoms with Crippen molar-refractivity contribution in [2.24, 2.45) is 5.73 Å². The molecular formula is C11H15NO. The summed E-state index contributed by atoms with van der Waals surface area (Å²) in [6.07, 6.45) is 2.28. The zero-order chi connectivity index (χ0) is 9.26. The Labute approximate surface area is 78.7 Å². The lowest BCUT2D eigenvalue weighted by Gasteiger charge is -2.07. The van der Waals surface area contributed by atoms with E-state index in [0.29, 0.717) is 12.6 Å². The van der Waals surface area contributed by atoms with Crippen molar-refractivity contribution in [1.82, 2.24) is 0 Å². The molecule has 13 heavy (non-hydrogen) atoms. The molecule has 70 valence electrons. The molecule has 2 N–H and O–H groups in total. The number of aryl methyl sites for hydroxylation is 1. The highest BCUT2D eigenvalue weighted by Crippen LogP contribution is 2.30. The number of hydrogen-bond donors (Lipinski definition) is 1. The van der Waals surface area contributed by atoms with E-state index in [4.69, 9.17) is 10.5 Å². The van der Waals surface area contributed by atoms with Gasteiger partial charge in [-0.2, -0.15) is 0 Å². The van der Waals surface area contributed by atoms with Gasteiger partial charge in [0.25, 0.3) is 0 Å². The van der Waals surface area contributed by atoms with Crippen LogP contribution in [-0.4, -0.2) is 12.6 Å². The van der Waals surface area contributed by atoms with Crippen LogP contribution in [0.25, 0.3) is 0 Å². The maximum atomic E-state index is 5.72. The van der Waals surface area contributed by atoms with E-state index in [1.165, 1.54) is 11.1 Å². The third-order valence-corrected chi connectivity index (χ3v) is 2.45. The van der Waals surface area contributed by atoms with Crippen LogP contribution >= 0.6 is 0 Å². The van der Waals surface area contributed by atoms with Crippen LogP contribution < -0.4 is 10.5 Å². The van der Waals surface area contributed by atoms with Gasteiger partial charge >= 0.3 is 0 Å². The Morgan fingerprint density at radius 2 is 2.38 bits per heavy atom. The molecule has 0 radical (unpaired) electrons. The van der Waals surface area contributed by atoms with Gasteiger partial charge in [-0.15, -0.1) is 0 Å². The van der Waals surface area contributed by atoms with Gasteiger partial charge in [0.1, 0.15) is 11.9 Å². The fourth-order valence-electron chi connectivity index (χ4n) is 1.80. The van der Waals surface area contributed by atoms with Crippen molar-refractivity contribution in [3.05, 3.63) is 29.3 Å². The smallest absolute Gasteiger partial charge is 0.123 e. The van der Waals surface area contributed by atoms with Gasteiger partial charge in [0, 0.05) is 6.42 Å². The predicted octanol–water partition coefficient (Wildman–Crippen LogP) is 1.65. The maximum Gasteiger partial charge on any atom is 0.123 e. The Kier molecular flexibility index (Phi) is 2.23. The fraction of sp³-hybridized carbons (Fsp3) is 0.455. The molecule has 2 heteroatoms. The minimum atomic E-state index is 0.307. The Morgan fingerprint density at radius 3 is 3.15 bits per heavy atom. The van der Waals surface area contributed by atoms with Crippen LogP contribution in [-0.2, 0) is 6.42 Å². The molecule has 2 nitrogen and oxygen atoms in total. The monoisotopic (exact) mass is 177 g/mol. The van der Waals surface area contributed by atoms with E-state index in [2.05, 4.69) is 25.1 Å². The van der Waals surface area contributed by atoms with E-state index in [1.807, 2.05) is 0 Å². The van der Waals surface area contributed by atoms with E-state index in [-0.39, 0.29) is 0 Å². The van der Waals surface area contributed by atoms with Crippen molar-refractivity contribution in [2.75, 3.05) is 6.54 Å². The minimum absolute atomic E-state index is 0.307. The first-order valence-electron chi connectivity index (χ1n) is 4.76. The third-order valence-electron chi connectivity index (χ3n) is 2.45. The average molecular weight is 177 g/mol. The summed E-state index contributed by atoms with van der Waals surface area (Å²) in [7, 11) is 0. The zero-order valence-electron chi connectivity index (χ0n) is 7.92. The van der Waals surface area contributed by atoms with Gasteiger partial charge in [-0.25, -0.2) is 0 Å². The molecule has 0 aromatic heterocycles. The van der Waals surface area contributed by atoms with Crippen molar-refractivity contribution < 1.29 is 4.74 Å². The molecular weight excluding hydrogens is 162 g/mol. The Bertz CT molecular complexity index is 309. The molecule has 0 saturated heterocycles. The number of fused-ring (bicyclic) bond motifs is 1. The molecule has 0 fully saturated rings. The van der Waals surface area contributed by atoms with E-state index in [0.717, 1.165) is 18.6 Å². The topological polar surface area (TPSA) is 35.2 Å². The number of rotatable bonds is 2. The van der Waals surface area contributed by atoms with E-state index < -0.39 is 0 Å². The molecule has 1 atom stereocenters. The number of hydrogen-bond acceptors (Lipinski definition) is 2. The first-order chi connectivity index (χ1) is 6.29. The van der Waals surface area contributed by atoms with Crippen LogP contribution in [0.15, 0.2) is 18.2 Å². The lowest BCUT2D eigenvalue weighted by molar-refractivity contribution is 0.224. The van der Waals surface area contributed by atoms with Gasteiger partial charge < -0.3 is 10.5 Å². The second-order valence-corrected chi connectivity index (χ2v) is 3.63. The summed E-state index contributed by atoms with van der Waals surface area (Å²) in [4.78, 5) is 0. The lowest BCUT2D eigenvalue weighted by atomic mass is 10.1. The lowest BCUT2D eigenvalue weighted by Crippen LogP contribution is -2.17. The normalized spacial score (nSPS) is 19.7. The van der Waals surface area contributed by atoms with Gasteiger partial charge in [-0.05, 0) is 31.5 Å². The minimum Gasteiger partial charge on any atom is -0.490 e. The van der Waals surface area contributed by atoms with Gasteiger partial charge in [-0.3, -0.25) is 0 Å². The summed E-state index contributed by atoms with van der Waals surface area (Å²) in [5.74, 6) is 1.05. The molecule has 0 aliphatic carbocycles. The quantitative estimate of drug-likeness (QED) is 0.745. The molecule has 0 amide bonds. The summed E-state index contributed by atoms with van der Waals surface area (Å²) >= 11 is 0. The molecule has 0 bridgehead atoms. The second kappa shape index (κ2) is 3.38. The average Bonchev–Trinajstić information content (AvgIpc) is 2.46. The molecule has 2 rings (SSSR count). The van der Waals surface area contributed by atoms with Crippen molar-refractivity contribution >= 4 is 0 Å². The highest BCUT2D eigenvalue weighted by Gasteiger charge is 2.21. The number of ether oxygens (including phenoxy) is 1. The van der Waals surface area contributed by atoms with Crippen LogP contribution in [0.2, 0.25) is 0 Å². The Hall–Kier alpha value is -1.02. The summed E-state index contributed by atoms with van der Waals surface area (Å²) in [5.41, 5.74) is 8.13. The van der Waals surface area contributed by atoms with E-state index in [1.54, 1.807) is 0 Å². The predicted molar refractivity (Wildman–Crippen MR) is 53.0 cm³/mol. The van der Waals surface area contributed by atoms with Crippen LogP contribution in [0.5, 0.6) is 5.75 Å². The fourth-order valence-corrected chi connectivity index (χ4v) is 1.80. The summed E-state index contributed by atoms with van der Waals surface area (Å²) in [6, 6.07) is 6.34. The SMILES string of the molecule is Cc1ccc2c(c1)CC(CCN)O2. The zero-order valence-corrected chi connectivity index (χ0v) is 7.92. The molecule has 1 unspecified atom stereocenters. The molecule has 1 aromatic rings. The summed E-state index contributed by atoms with van der Waals surface area (Å²) < 4.78 is 5.72. The highest BCUT2D eigenvalue weighted by atomic mass is 16.5. The molecule has 0 saturated carbocycles. The van der Waals surface area contributed by atoms with Gasteiger partial charge in [-0.1, -0.05) is 17.7 Å².